The maximum atomic E-state index is 12.1. The smallest absolute Gasteiger partial charge is 0.264 e. The van der Waals surface area contributed by atoms with Gasteiger partial charge in [-0.15, -0.1) is 0 Å². The molecule has 2 amide bonds. The van der Waals surface area contributed by atoms with E-state index in [-0.39, 0.29) is 24.8 Å². The number of oxime groups is 1. The number of carbonyl (C=O) groups excluding carboxylic acids is 2. The second-order valence-electron chi connectivity index (χ2n) is 6.08. The molecule has 130 valence electrons. The van der Waals surface area contributed by atoms with Gasteiger partial charge < -0.3 is 15.5 Å². The van der Waals surface area contributed by atoms with Crippen molar-refractivity contribution >= 4 is 29.1 Å². The number of nitrogens with zero attached hydrogens (tertiary/aromatic N) is 1. The Morgan fingerprint density at radius 3 is 2.67 bits per heavy atom. The summed E-state index contributed by atoms with van der Waals surface area (Å²) in [4.78, 5) is 28.8. The molecular formula is C17H22ClN3O3. The van der Waals surface area contributed by atoms with Crippen LogP contribution in [-0.4, -0.2) is 36.7 Å². The maximum absolute atomic E-state index is 12.1. The number of hydrogen-bond acceptors (Lipinski definition) is 4. The minimum Gasteiger partial charge on any atom is -0.382 e. The van der Waals surface area contributed by atoms with Gasteiger partial charge in [0.15, 0.2) is 0 Å². The molecular weight excluding hydrogens is 330 g/mol. The molecule has 0 bridgehead atoms. The third-order valence-corrected chi connectivity index (χ3v) is 3.75. The first-order valence-electron chi connectivity index (χ1n) is 7.98. The van der Waals surface area contributed by atoms with Crippen LogP contribution in [0, 0.1) is 5.92 Å². The van der Waals surface area contributed by atoms with Crippen molar-refractivity contribution in [3.63, 3.8) is 0 Å². The van der Waals surface area contributed by atoms with Crippen LogP contribution in [-0.2, 0) is 14.4 Å². The van der Waals surface area contributed by atoms with E-state index >= 15 is 0 Å². The zero-order valence-electron chi connectivity index (χ0n) is 13.8. The fourth-order valence-electron chi connectivity index (χ4n) is 2.15. The van der Waals surface area contributed by atoms with E-state index in [1.54, 1.807) is 12.1 Å². The summed E-state index contributed by atoms with van der Waals surface area (Å²) in [5, 5.41) is 10.1. The standard InChI is InChI=1S/C17H22ClN3O3/c1-11(2)10-20-16(22)7-8-19-17(23)15-9-14(21-24-15)12-3-5-13(18)6-4-12/h3-6,11,15H,7-10H2,1-2H3,(H,19,23)(H,20,22)/t15-/m1/s1. The summed E-state index contributed by atoms with van der Waals surface area (Å²) < 4.78 is 0. The summed E-state index contributed by atoms with van der Waals surface area (Å²) in [5.74, 6) is 0.0627. The molecule has 2 rings (SSSR count). The lowest BCUT2D eigenvalue weighted by molar-refractivity contribution is -0.131. The fraction of sp³-hybridized carbons (Fsp3) is 0.471. The van der Waals surface area contributed by atoms with Gasteiger partial charge >= 0.3 is 0 Å². The number of carbonyl (C=O) groups is 2. The lowest BCUT2D eigenvalue weighted by Gasteiger charge is -2.10. The summed E-state index contributed by atoms with van der Waals surface area (Å²) in [5.41, 5.74) is 1.59. The first kappa shape index (κ1) is 18.3. The molecule has 6 nitrogen and oxygen atoms in total. The molecule has 0 unspecified atom stereocenters. The third-order valence-electron chi connectivity index (χ3n) is 3.50. The van der Waals surface area contributed by atoms with Crippen LogP contribution in [0.25, 0.3) is 0 Å². The van der Waals surface area contributed by atoms with E-state index in [1.165, 1.54) is 0 Å². The Hall–Kier alpha value is -2.08. The highest BCUT2D eigenvalue weighted by Gasteiger charge is 2.28. The van der Waals surface area contributed by atoms with Crippen molar-refractivity contribution in [1.29, 1.82) is 0 Å². The molecule has 24 heavy (non-hydrogen) atoms. The minimum atomic E-state index is -0.658. The predicted molar refractivity (Wildman–Crippen MR) is 93.0 cm³/mol. The molecule has 0 spiro atoms. The summed E-state index contributed by atoms with van der Waals surface area (Å²) in [6, 6.07) is 7.21. The van der Waals surface area contributed by atoms with E-state index < -0.39 is 6.10 Å². The molecule has 1 aliphatic rings. The molecule has 7 heteroatoms. The molecule has 1 aromatic rings. The van der Waals surface area contributed by atoms with Gasteiger partial charge in [0.05, 0.1) is 5.71 Å². The summed E-state index contributed by atoms with van der Waals surface area (Å²) >= 11 is 5.85. The Labute approximate surface area is 146 Å². The van der Waals surface area contributed by atoms with Crippen LogP contribution in [0.3, 0.4) is 0 Å². The normalized spacial score (nSPS) is 16.5. The molecule has 0 radical (unpaired) electrons. The Morgan fingerprint density at radius 1 is 1.29 bits per heavy atom. The monoisotopic (exact) mass is 351 g/mol. The maximum Gasteiger partial charge on any atom is 0.264 e. The molecule has 1 atom stereocenters. The van der Waals surface area contributed by atoms with Gasteiger partial charge in [-0.2, -0.15) is 0 Å². The van der Waals surface area contributed by atoms with Crippen molar-refractivity contribution in [2.45, 2.75) is 32.8 Å². The van der Waals surface area contributed by atoms with Gasteiger partial charge in [0.1, 0.15) is 0 Å². The Morgan fingerprint density at radius 2 is 2.00 bits per heavy atom. The average molecular weight is 352 g/mol. The van der Waals surface area contributed by atoms with E-state index in [9.17, 15) is 9.59 Å². The van der Waals surface area contributed by atoms with Crippen LogP contribution in [0.2, 0.25) is 5.02 Å². The summed E-state index contributed by atoms with van der Waals surface area (Å²) in [6.07, 6.45) is -0.0160. The van der Waals surface area contributed by atoms with Gasteiger partial charge in [-0.3, -0.25) is 9.59 Å². The van der Waals surface area contributed by atoms with Crippen LogP contribution >= 0.6 is 11.6 Å². The second-order valence-corrected chi connectivity index (χ2v) is 6.52. The minimum absolute atomic E-state index is 0.0746. The van der Waals surface area contributed by atoms with Crippen molar-refractivity contribution in [2.75, 3.05) is 13.1 Å². The SMILES string of the molecule is CC(C)CNC(=O)CCNC(=O)[C@H]1CC(c2ccc(Cl)cc2)=NO1. The Kier molecular flexibility index (Phi) is 6.61. The summed E-state index contributed by atoms with van der Waals surface area (Å²) in [6.45, 7) is 4.96. The molecule has 1 aromatic carbocycles. The number of amides is 2. The topological polar surface area (TPSA) is 79.8 Å². The zero-order valence-corrected chi connectivity index (χ0v) is 14.6. The second kappa shape index (κ2) is 8.68. The lowest BCUT2D eigenvalue weighted by Crippen LogP contribution is -2.37. The van der Waals surface area contributed by atoms with Crippen LogP contribution in [0.1, 0.15) is 32.3 Å². The highest BCUT2D eigenvalue weighted by Crippen LogP contribution is 2.18. The van der Waals surface area contributed by atoms with Gasteiger partial charge in [-0.1, -0.05) is 42.7 Å². The van der Waals surface area contributed by atoms with E-state index in [4.69, 9.17) is 16.4 Å². The van der Waals surface area contributed by atoms with Gasteiger partial charge in [-0.25, -0.2) is 0 Å². The number of halogens is 1. The largest absolute Gasteiger partial charge is 0.382 e. The van der Waals surface area contributed by atoms with Crippen LogP contribution in [0.5, 0.6) is 0 Å². The van der Waals surface area contributed by atoms with Gasteiger partial charge in [0.2, 0.25) is 12.0 Å². The molecule has 0 aromatic heterocycles. The van der Waals surface area contributed by atoms with Crippen molar-refractivity contribution in [3.05, 3.63) is 34.9 Å². The molecule has 2 N–H and O–H groups in total. The zero-order chi connectivity index (χ0) is 17.5. The average Bonchev–Trinajstić information content (AvgIpc) is 3.03. The summed E-state index contributed by atoms with van der Waals surface area (Å²) in [7, 11) is 0. The van der Waals surface area contributed by atoms with Crippen molar-refractivity contribution in [2.24, 2.45) is 11.1 Å². The number of rotatable bonds is 7. The highest BCUT2D eigenvalue weighted by molar-refractivity contribution is 6.30. The fourth-order valence-corrected chi connectivity index (χ4v) is 2.28. The van der Waals surface area contributed by atoms with Gasteiger partial charge in [-0.05, 0) is 23.6 Å². The van der Waals surface area contributed by atoms with Gasteiger partial charge in [0, 0.05) is 31.0 Å². The molecule has 0 aliphatic carbocycles. The molecule has 1 heterocycles. The van der Waals surface area contributed by atoms with E-state index in [0.29, 0.717) is 29.6 Å². The number of hydrogen-bond donors (Lipinski definition) is 2. The number of benzene rings is 1. The molecule has 0 saturated carbocycles. The predicted octanol–water partition coefficient (Wildman–Crippen LogP) is 2.11. The van der Waals surface area contributed by atoms with Crippen molar-refractivity contribution in [1.82, 2.24) is 10.6 Å². The van der Waals surface area contributed by atoms with Crippen LogP contribution in [0.15, 0.2) is 29.4 Å². The molecule has 0 fully saturated rings. The van der Waals surface area contributed by atoms with E-state index in [1.807, 2.05) is 26.0 Å². The first-order chi connectivity index (χ1) is 11.5. The first-order valence-corrected chi connectivity index (χ1v) is 8.36. The van der Waals surface area contributed by atoms with Crippen LogP contribution < -0.4 is 10.6 Å². The highest BCUT2D eigenvalue weighted by atomic mass is 35.5. The van der Waals surface area contributed by atoms with Crippen molar-refractivity contribution in [3.8, 4) is 0 Å². The molecule has 1 aliphatic heterocycles. The lowest BCUT2D eigenvalue weighted by atomic mass is 10.0. The van der Waals surface area contributed by atoms with Gasteiger partial charge in [0.25, 0.3) is 5.91 Å². The van der Waals surface area contributed by atoms with Crippen molar-refractivity contribution < 1.29 is 14.4 Å². The van der Waals surface area contributed by atoms with E-state index in [2.05, 4.69) is 15.8 Å². The number of nitrogens with one attached hydrogen (secondary N) is 2. The van der Waals surface area contributed by atoms with E-state index in [0.717, 1.165) is 5.56 Å². The molecule has 0 saturated heterocycles. The van der Waals surface area contributed by atoms with Crippen LogP contribution in [0.4, 0.5) is 0 Å². The Balaban J connectivity index is 1.71. The quantitative estimate of drug-likeness (QED) is 0.789. The Bertz CT molecular complexity index is 614. The third kappa shape index (κ3) is 5.53.